The third-order valence-electron chi connectivity index (χ3n) is 3.02. The molecule has 1 N–H and O–H groups in total. The predicted molar refractivity (Wildman–Crippen MR) is 78.5 cm³/mol. The number of unbranched alkanes of at least 4 members (excludes halogenated alkanes) is 3. The van der Waals surface area contributed by atoms with Crippen LogP contribution in [0.3, 0.4) is 0 Å². The van der Waals surface area contributed by atoms with Crippen molar-refractivity contribution in [3.63, 3.8) is 0 Å². The number of carbonyl (C=O) groups is 1. The van der Waals surface area contributed by atoms with Gasteiger partial charge in [-0.1, -0.05) is 19.8 Å². The molecule has 0 aliphatic carbocycles. The van der Waals surface area contributed by atoms with Crippen molar-refractivity contribution in [2.45, 2.75) is 39.5 Å². The molecular formula is C14H18N4O2. The minimum atomic E-state index is -0.609. The minimum Gasteiger partial charge on any atom is -0.270 e. The average molecular weight is 274 g/mol. The number of aromatic amines is 1. The summed E-state index contributed by atoms with van der Waals surface area (Å²) >= 11 is 0. The third kappa shape index (κ3) is 3.01. The van der Waals surface area contributed by atoms with Crippen LogP contribution in [0.25, 0.3) is 11.0 Å². The van der Waals surface area contributed by atoms with Gasteiger partial charge in [0, 0.05) is 11.9 Å². The summed E-state index contributed by atoms with van der Waals surface area (Å²) in [6.07, 6.45) is 5.53. The molecule has 106 valence electrons. The van der Waals surface area contributed by atoms with Crippen molar-refractivity contribution in [1.82, 2.24) is 14.8 Å². The fraction of sp³-hybridized carbons (Fsp3) is 0.429. The van der Waals surface area contributed by atoms with E-state index in [0.717, 1.165) is 36.1 Å². The van der Waals surface area contributed by atoms with Crippen LogP contribution in [0.4, 0.5) is 4.79 Å². The molecule has 6 heteroatoms. The number of fused-ring (bicyclic) bond motifs is 1. The number of hydrogen-bond acceptors (Lipinski definition) is 3. The van der Waals surface area contributed by atoms with Gasteiger partial charge < -0.3 is 0 Å². The molecule has 0 aliphatic heterocycles. The van der Waals surface area contributed by atoms with Gasteiger partial charge in [-0.3, -0.25) is 9.89 Å². The molecule has 0 fully saturated rings. The maximum absolute atomic E-state index is 12.0. The van der Waals surface area contributed by atoms with Gasteiger partial charge in [-0.25, -0.2) is 14.8 Å². The number of carbonyl (C=O) groups excluding carboxylic acids is 1. The van der Waals surface area contributed by atoms with Gasteiger partial charge in [0.05, 0.1) is 5.39 Å². The molecule has 2 aromatic heterocycles. The highest BCUT2D eigenvalue weighted by Crippen LogP contribution is 2.05. The number of pyridine rings is 1. The van der Waals surface area contributed by atoms with Crippen LogP contribution in [0, 0.1) is 6.92 Å². The lowest BCUT2D eigenvalue weighted by Gasteiger charge is -1.93. The van der Waals surface area contributed by atoms with Gasteiger partial charge in [-0.2, -0.15) is 4.68 Å². The Bertz CT molecular complexity index is 697. The standard InChI is InChI=1S/C14H18N4O2/c1-3-4-5-6-9-15-14(20)18-13(19)11-8-7-10(2)16-12(11)17-18/h7-9H,3-6H2,1-2H3,(H,16,17)/b15-9+. The van der Waals surface area contributed by atoms with Crippen LogP contribution in [0.15, 0.2) is 21.9 Å². The molecule has 0 saturated carbocycles. The van der Waals surface area contributed by atoms with Crippen molar-refractivity contribution in [1.29, 1.82) is 0 Å². The van der Waals surface area contributed by atoms with Crippen LogP contribution in [0.1, 0.15) is 38.3 Å². The highest BCUT2D eigenvalue weighted by molar-refractivity contribution is 5.87. The van der Waals surface area contributed by atoms with Gasteiger partial charge in [-0.15, -0.1) is 0 Å². The summed E-state index contributed by atoms with van der Waals surface area (Å²) in [5.41, 5.74) is 0.772. The first-order valence-electron chi connectivity index (χ1n) is 6.78. The summed E-state index contributed by atoms with van der Waals surface area (Å²) in [4.78, 5) is 31.8. The van der Waals surface area contributed by atoms with Crippen molar-refractivity contribution in [2.75, 3.05) is 0 Å². The van der Waals surface area contributed by atoms with E-state index in [2.05, 4.69) is 22.0 Å². The van der Waals surface area contributed by atoms with Gasteiger partial charge in [0.25, 0.3) is 5.56 Å². The average Bonchev–Trinajstić information content (AvgIpc) is 2.75. The molecule has 0 aromatic carbocycles. The molecule has 0 radical (unpaired) electrons. The lowest BCUT2D eigenvalue weighted by Crippen LogP contribution is -2.22. The maximum Gasteiger partial charge on any atom is 0.369 e. The van der Waals surface area contributed by atoms with Crippen molar-refractivity contribution in [3.05, 3.63) is 28.2 Å². The Morgan fingerprint density at radius 2 is 2.25 bits per heavy atom. The monoisotopic (exact) mass is 274 g/mol. The summed E-state index contributed by atoms with van der Waals surface area (Å²) in [5.74, 6) is 0. The highest BCUT2D eigenvalue weighted by atomic mass is 16.2. The first kappa shape index (κ1) is 14.2. The fourth-order valence-electron chi connectivity index (χ4n) is 1.91. The van der Waals surface area contributed by atoms with Gasteiger partial charge in [-0.05, 0) is 31.9 Å². The number of amides is 1. The molecule has 0 saturated heterocycles. The zero-order valence-corrected chi connectivity index (χ0v) is 11.7. The minimum absolute atomic E-state index is 0.394. The van der Waals surface area contributed by atoms with Crippen LogP contribution >= 0.6 is 0 Å². The number of aliphatic imine (C=N–C) groups is 1. The zero-order valence-electron chi connectivity index (χ0n) is 11.7. The SMILES string of the molecule is CCCCC/C=N/C(=O)n1[nH]c2nc(C)ccc2c1=O. The fourth-order valence-corrected chi connectivity index (χ4v) is 1.91. The number of aryl methyl sites for hydroxylation is 1. The Morgan fingerprint density at radius 3 is 3.00 bits per heavy atom. The zero-order chi connectivity index (χ0) is 14.5. The van der Waals surface area contributed by atoms with E-state index in [-0.39, 0.29) is 0 Å². The number of nitrogens with zero attached hydrogens (tertiary/aromatic N) is 3. The first-order valence-corrected chi connectivity index (χ1v) is 6.78. The van der Waals surface area contributed by atoms with Crippen molar-refractivity contribution in [2.24, 2.45) is 4.99 Å². The topological polar surface area (TPSA) is 80.1 Å². The second-order valence-corrected chi connectivity index (χ2v) is 4.69. The Hall–Kier alpha value is -2.24. The molecule has 0 aliphatic rings. The Balaban J connectivity index is 2.18. The molecule has 0 bridgehead atoms. The molecule has 6 nitrogen and oxygen atoms in total. The Labute approximate surface area is 116 Å². The van der Waals surface area contributed by atoms with E-state index in [1.165, 1.54) is 0 Å². The quantitative estimate of drug-likeness (QED) is 0.687. The maximum atomic E-state index is 12.0. The number of rotatable bonds is 4. The van der Waals surface area contributed by atoms with Crippen LogP contribution in [-0.4, -0.2) is 27.0 Å². The Kier molecular flexibility index (Phi) is 4.45. The second-order valence-electron chi connectivity index (χ2n) is 4.69. The summed E-state index contributed by atoms with van der Waals surface area (Å²) in [7, 11) is 0. The molecule has 2 rings (SSSR count). The smallest absolute Gasteiger partial charge is 0.270 e. The van der Waals surface area contributed by atoms with E-state index >= 15 is 0 Å². The van der Waals surface area contributed by atoms with Crippen LogP contribution in [-0.2, 0) is 0 Å². The van der Waals surface area contributed by atoms with E-state index in [9.17, 15) is 9.59 Å². The second kappa shape index (κ2) is 6.27. The van der Waals surface area contributed by atoms with Gasteiger partial charge >= 0.3 is 6.03 Å². The van der Waals surface area contributed by atoms with Gasteiger partial charge in [0.2, 0.25) is 0 Å². The number of hydrogen-bond donors (Lipinski definition) is 1. The van der Waals surface area contributed by atoms with Crippen molar-refractivity contribution >= 4 is 23.3 Å². The van der Waals surface area contributed by atoms with E-state index in [1.807, 2.05) is 6.92 Å². The molecule has 2 aromatic rings. The third-order valence-corrected chi connectivity index (χ3v) is 3.02. The molecule has 0 atom stereocenters. The molecule has 1 amide bonds. The van der Waals surface area contributed by atoms with Gasteiger partial charge in [0.15, 0.2) is 5.65 Å². The first-order chi connectivity index (χ1) is 9.63. The van der Waals surface area contributed by atoms with E-state index in [4.69, 9.17) is 0 Å². The number of H-pyrrole nitrogens is 1. The van der Waals surface area contributed by atoms with Crippen LogP contribution < -0.4 is 5.56 Å². The summed E-state index contributed by atoms with van der Waals surface area (Å²) < 4.78 is 0.896. The van der Waals surface area contributed by atoms with Crippen LogP contribution in [0.5, 0.6) is 0 Å². The Morgan fingerprint density at radius 1 is 1.45 bits per heavy atom. The lowest BCUT2D eigenvalue weighted by atomic mass is 10.2. The molecule has 20 heavy (non-hydrogen) atoms. The van der Waals surface area contributed by atoms with E-state index in [0.29, 0.717) is 11.0 Å². The van der Waals surface area contributed by atoms with Gasteiger partial charge in [0.1, 0.15) is 0 Å². The summed E-state index contributed by atoms with van der Waals surface area (Å²) in [5, 5.41) is 3.08. The highest BCUT2D eigenvalue weighted by Gasteiger charge is 2.12. The van der Waals surface area contributed by atoms with Crippen molar-refractivity contribution < 1.29 is 4.79 Å². The summed E-state index contributed by atoms with van der Waals surface area (Å²) in [6.45, 7) is 3.93. The van der Waals surface area contributed by atoms with Crippen molar-refractivity contribution in [3.8, 4) is 0 Å². The number of nitrogens with one attached hydrogen (secondary N) is 1. The normalized spacial score (nSPS) is 11.5. The number of aromatic nitrogens is 3. The lowest BCUT2D eigenvalue weighted by molar-refractivity contribution is 0.247. The van der Waals surface area contributed by atoms with E-state index in [1.54, 1.807) is 18.3 Å². The van der Waals surface area contributed by atoms with Crippen LogP contribution in [0.2, 0.25) is 0 Å². The molecule has 0 spiro atoms. The van der Waals surface area contributed by atoms with E-state index < -0.39 is 11.6 Å². The summed E-state index contributed by atoms with van der Waals surface area (Å²) in [6, 6.07) is 2.79. The molecule has 2 heterocycles. The largest absolute Gasteiger partial charge is 0.369 e. The predicted octanol–water partition coefficient (Wildman–Crippen LogP) is 2.65. The molecule has 0 unspecified atom stereocenters. The molecular weight excluding hydrogens is 256 g/mol.